The minimum Gasteiger partial charge on any atom is -0.465 e. The number of hydrogen-bond donors (Lipinski definition) is 0. The van der Waals surface area contributed by atoms with Gasteiger partial charge >= 0.3 is 5.97 Å². The highest BCUT2D eigenvalue weighted by Crippen LogP contribution is 2.26. The molecule has 3 aromatic rings. The minimum atomic E-state index is -0.326. The van der Waals surface area contributed by atoms with Crippen LogP contribution in [0.4, 0.5) is 0 Å². The first kappa shape index (κ1) is 11.9. The lowest BCUT2D eigenvalue weighted by molar-refractivity contribution is 0.0606. The first-order valence-corrected chi connectivity index (χ1v) is 6.63. The molecule has 2 heterocycles. The maximum atomic E-state index is 11.4. The molecule has 0 unspecified atom stereocenters. The van der Waals surface area contributed by atoms with Crippen LogP contribution in [0.2, 0.25) is 0 Å². The highest BCUT2D eigenvalue weighted by molar-refractivity contribution is 7.18. The maximum absolute atomic E-state index is 11.4. The van der Waals surface area contributed by atoms with Gasteiger partial charge in [0.2, 0.25) is 0 Å². The van der Waals surface area contributed by atoms with Crippen LogP contribution in [-0.2, 0) is 4.74 Å². The number of aryl methyl sites for hydroxylation is 1. The SMILES string of the molecule is COC(=O)c1cn2cc(-c3ccccc3C)nc2s1. The van der Waals surface area contributed by atoms with Gasteiger partial charge < -0.3 is 4.74 Å². The van der Waals surface area contributed by atoms with E-state index < -0.39 is 0 Å². The Labute approximate surface area is 114 Å². The number of thiazole rings is 1. The summed E-state index contributed by atoms with van der Waals surface area (Å²) in [6.45, 7) is 2.06. The molecule has 2 aromatic heterocycles. The van der Waals surface area contributed by atoms with Gasteiger partial charge in [0.25, 0.3) is 0 Å². The van der Waals surface area contributed by atoms with E-state index in [0.717, 1.165) is 16.2 Å². The summed E-state index contributed by atoms with van der Waals surface area (Å²) < 4.78 is 6.56. The smallest absolute Gasteiger partial charge is 0.349 e. The Morgan fingerprint density at radius 3 is 2.79 bits per heavy atom. The summed E-state index contributed by atoms with van der Waals surface area (Å²) in [5.41, 5.74) is 3.21. The molecule has 3 rings (SSSR count). The minimum absolute atomic E-state index is 0.326. The molecule has 0 saturated carbocycles. The van der Waals surface area contributed by atoms with Gasteiger partial charge in [0.1, 0.15) is 4.88 Å². The molecule has 0 spiro atoms. The molecular weight excluding hydrogens is 260 g/mol. The lowest BCUT2D eigenvalue weighted by Gasteiger charge is -2.00. The maximum Gasteiger partial charge on any atom is 0.349 e. The number of fused-ring (bicyclic) bond motifs is 1. The van der Waals surface area contributed by atoms with Crippen molar-refractivity contribution in [3.8, 4) is 11.3 Å². The highest BCUT2D eigenvalue weighted by Gasteiger charge is 2.13. The van der Waals surface area contributed by atoms with Gasteiger partial charge in [-0.2, -0.15) is 0 Å². The molecule has 0 N–H and O–H groups in total. The Morgan fingerprint density at radius 2 is 2.11 bits per heavy atom. The molecule has 1 aromatic carbocycles. The van der Waals surface area contributed by atoms with Crippen molar-refractivity contribution < 1.29 is 9.53 Å². The average molecular weight is 272 g/mol. The number of imidazole rings is 1. The molecule has 0 saturated heterocycles. The molecule has 5 heteroatoms. The third-order valence-electron chi connectivity index (χ3n) is 2.96. The molecule has 19 heavy (non-hydrogen) atoms. The van der Waals surface area contributed by atoms with Gasteiger partial charge in [0, 0.05) is 18.0 Å². The van der Waals surface area contributed by atoms with Crippen molar-refractivity contribution in [3.63, 3.8) is 0 Å². The van der Waals surface area contributed by atoms with Gasteiger partial charge in [-0.05, 0) is 12.5 Å². The fraction of sp³-hybridized carbons (Fsp3) is 0.143. The van der Waals surface area contributed by atoms with Crippen molar-refractivity contribution in [2.24, 2.45) is 0 Å². The van der Waals surface area contributed by atoms with Crippen LogP contribution in [0.3, 0.4) is 0 Å². The number of carbonyl (C=O) groups excluding carboxylic acids is 1. The lowest BCUT2D eigenvalue weighted by Crippen LogP contribution is -1.97. The highest BCUT2D eigenvalue weighted by atomic mass is 32.1. The summed E-state index contributed by atoms with van der Waals surface area (Å²) in [5, 5.41) is 0. The van der Waals surface area contributed by atoms with Gasteiger partial charge in [-0.1, -0.05) is 35.6 Å². The normalized spacial score (nSPS) is 10.8. The molecule has 0 radical (unpaired) electrons. The number of carbonyl (C=O) groups is 1. The summed E-state index contributed by atoms with van der Waals surface area (Å²) >= 11 is 1.33. The van der Waals surface area contributed by atoms with Gasteiger partial charge in [-0.3, -0.25) is 4.40 Å². The monoisotopic (exact) mass is 272 g/mol. The Morgan fingerprint density at radius 1 is 1.32 bits per heavy atom. The van der Waals surface area contributed by atoms with Crippen LogP contribution in [0.1, 0.15) is 15.2 Å². The van der Waals surface area contributed by atoms with Crippen LogP contribution in [0.5, 0.6) is 0 Å². The van der Waals surface area contributed by atoms with Crippen molar-refractivity contribution >= 4 is 22.3 Å². The van der Waals surface area contributed by atoms with E-state index >= 15 is 0 Å². The Hall–Kier alpha value is -2.14. The second-order valence-electron chi connectivity index (χ2n) is 4.22. The third kappa shape index (κ3) is 2.02. The van der Waals surface area contributed by atoms with E-state index in [1.165, 1.54) is 24.0 Å². The van der Waals surface area contributed by atoms with Crippen LogP contribution < -0.4 is 0 Å². The fourth-order valence-electron chi connectivity index (χ4n) is 1.98. The number of hydrogen-bond acceptors (Lipinski definition) is 4. The fourth-order valence-corrected chi connectivity index (χ4v) is 2.87. The molecule has 0 aliphatic rings. The number of esters is 1. The van der Waals surface area contributed by atoms with Gasteiger partial charge in [0.05, 0.1) is 12.8 Å². The molecule has 4 nitrogen and oxygen atoms in total. The van der Waals surface area contributed by atoms with E-state index in [9.17, 15) is 4.79 Å². The molecule has 0 fully saturated rings. The van der Waals surface area contributed by atoms with Crippen molar-refractivity contribution in [2.75, 3.05) is 7.11 Å². The number of nitrogens with zero attached hydrogens (tertiary/aromatic N) is 2. The van der Waals surface area contributed by atoms with E-state index in [1.807, 2.05) is 28.8 Å². The summed E-state index contributed by atoms with van der Waals surface area (Å²) in [7, 11) is 1.38. The summed E-state index contributed by atoms with van der Waals surface area (Å²) in [6, 6.07) is 8.11. The number of methoxy groups -OCH3 is 1. The van der Waals surface area contributed by atoms with E-state index in [1.54, 1.807) is 6.20 Å². The molecule has 0 atom stereocenters. The Kier molecular flexibility index (Phi) is 2.83. The topological polar surface area (TPSA) is 43.6 Å². The standard InChI is InChI=1S/C14H12N2O2S/c1-9-5-3-4-6-10(9)11-7-16-8-12(13(17)18-2)19-14(16)15-11/h3-8H,1-2H3. The molecule has 0 bridgehead atoms. The van der Waals surface area contributed by atoms with Crippen LogP contribution >= 0.6 is 11.3 Å². The zero-order valence-corrected chi connectivity index (χ0v) is 11.4. The van der Waals surface area contributed by atoms with Crippen LogP contribution in [0.15, 0.2) is 36.7 Å². The Bertz CT molecular complexity index is 726. The van der Waals surface area contributed by atoms with Gasteiger partial charge in [-0.25, -0.2) is 9.78 Å². The largest absolute Gasteiger partial charge is 0.465 e. The molecule has 96 valence electrons. The number of aromatic nitrogens is 2. The van der Waals surface area contributed by atoms with E-state index in [-0.39, 0.29) is 5.97 Å². The summed E-state index contributed by atoms with van der Waals surface area (Å²) in [5.74, 6) is -0.326. The van der Waals surface area contributed by atoms with Crippen molar-refractivity contribution in [1.82, 2.24) is 9.38 Å². The van der Waals surface area contributed by atoms with E-state index in [0.29, 0.717) is 4.88 Å². The number of ether oxygens (including phenoxy) is 1. The van der Waals surface area contributed by atoms with Crippen LogP contribution in [0, 0.1) is 6.92 Å². The molecule has 0 amide bonds. The predicted octanol–water partition coefficient (Wildman–Crippen LogP) is 3.16. The number of rotatable bonds is 2. The number of benzene rings is 1. The van der Waals surface area contributed by atoms with Gasteiger partial charge in [0.15, 0.2) is 4.96 Å². The summed E-state index contributed by atoms with van der Waals surface area (Å²) in [4.78, 5) is 17.3. The zero-order valence-electron chi connectivity index (χ0n) is 10.6. The van der Waals surface area contributed by atoms with Crippen LogP contribution in [-0.4, -0.2) is 22.5 Å². The Balaban J connectivity index is 2.07. The van der Waals surface area contributed by atoms with E-state index in [4.69, 9.17) is 4.74 Å². The quantitative estimate of drug-likeness (QED) is 0.673. The second kappa shape index (κ2) is 4.51. The molecule has 0 aliphatic heterocycles. The van der Waals surface area contributed by atoms with Crippen molar-refractivity contribution in [3.05, 3.63) is 47.1 Å². The summed E-state index contributed by atoms with van der Waals surface area (Å²) in [6.07, 6.45) is 3.68. The molecular formula is C14H12N2O2S. The lowest BCUT2D eigenvalue weighted by atomic mass is 10.1. The third-order valence-corrected chi connectivity index (χ3v) is 3.94. The van der Waals surface area contributed by atoms with Crippen LogP contribution in [0.25, 0.3) is 16.2 Å². The first-order valence-electron chi connectivity index (χ1n) is 5.82. The van der Waals surface area contributed by atoms with Crippen molar-refractivity contribution in [1.29, 1.82) is 0 Å². The first-order chi connectivity index (χ1) is 9.19. The predicted molar refractivity (Wildman–Crippen MR) is 74.6 cm³/mol. The zero-order chi connectivity index (χ0) is 13.4. The second-order valence-corrected chi connectivity index (χ2v) is 5.23. The van der Waals surface area contributed by atoms with Crippen molar-refractivity contribution in [2.45, 2.75) is 6.92 Å². The molecule has 0 aliphatic carbocycles. The van der Waals surface area contributed by atoms with Gasteiger partial charge in [-0.15, -0.1) is 0 Å². The average Bonchev–Trinajstić information content (AvgIpc) is 2.96. The van der Waals surface area contributed by atoms with E-state index in [2.05, 4.69) is 18.0 Å².